The molecule has 1 aromatic heterocycles. The van der Waals surface area contributed by atoms with Crippen molar-refractivity contribution < 1.29 is 8.81 Å². The van der Waals surface area contributed by atoms with Crippen LogP contribution in [-0.2, 0) is 6.42 Å². The Morgan fingerprint density at radius 2 is 2.24 bits per heavy atom. The number of nitrogens with one attached hydrogen (secondary N) is 1. The van der Waals surface area contributed by atoms with E-state index in [1.807, 2.05) is 13.0 Å². The SMILES string of the molecule is Cc1ccc(F)c(C(Cc2ccoc2)NN)c1. The number of nitrogens with two attached hydrogens (primary N) is 1. The predicted octanol–water partition coefficient (Wildman–Crippen LogP) is 2.47. The van der Waals surface area contributed by atoms with Gasteiger partial charge in [-0.3, -0.25) is 11.3 Å². The minimum atomic E-state index is -0.257. The van der Waals surface area contributed by atoms with Crippen LogP contribution in [0.4, 0.5) is 4.39 Å². The molecule has 0 fully saturated rings. The Hall–Kier alpha value is -1.65. The van der Waals surface area contributed by atoms with Crippen LogP contribution in [0.2, 0.25) is 0 Å². The highest BCUT2D eigenvalue weighted by Crippen LogP contribution is 2.22. The van der Waals surface area contributed by atoms with Gasteiger partial charge in [-0.15, -0.1) is 0 Å². The summed E-state index contributed by atoms with van der Waals surface area (Å²) in [5.41, 5.74) is 5.21. The van der Waals surface area contributed by atoms with Gasteiger partial charge in [0.15, 0.2) is 0 Å². The number of hydrogen-bond acceptors (Lipinski definition) is 3. The molecule has 2 rings (SSSR count). The molecule has 2 aromatic rings. The summed E-state index contributed by atoms with van der Waals surface area (Å²) in [6.45, 7) is 1.92. The highest BCUT2D eigenvalue weighted by atomic mass is 19.1. The third-order valence-electron chi connectivity index (χ3n) is 2.75. The second-order valence-corrected chi connectivity index (χ2v) is 4.08. The van der Waals surface area contributed by atoms with Crippen molar-refractivity contribution in [3.63, 3.8) is 0 Å². The Kier molecular flexibility index (Phi) is 3.56. The van der Waals surface area contributed by atoms with Gasteiger partial charge in [0.1, 0.15) is 5.82 Å². The summed E-state index contributed by atoms with van der Waals surface area (Å²) in [6.07, 6.45) is 3.82. The van der Waals surface area contributed by atoms with Gasteiger partial charge < -0.3 is 4.42 Å². The van der Waals surface area contributed by atoms with Gasteiger partial charge >= 0.3 is 0 Å². The fourth-order valence-corrected chi connectivity index (χ4v) is 1.83. The maximum atomic E-state index is 13.7. The molecule has 0 aliphatic rings. The Morgan fingerprint density at radius 1 is 1.41 bits per heavy atom. The van der Waals surface area contributed by atoms with Crippen molar-refractivity contribution in [1.82, 2.24) is 5.43 Å². The van der Waals surface area contributed by atoms with Crippen LogP contribution < -0.4 is 11.3 Å². The summed E-state index contributed by atoms with van der Waals surface area (Å²) in [6, 6.07) is 6.60. The fourth-order valence-electron chi connectivity index (χ4n) is 1.83. The number of hydrazine groups is 1. The molecule has 0 radical (unpaired) electrons. The summed E-state index contributed by atoms with van der Waals surface area (Å²) >= 11 is 0. The topological polar surface area (TPSA) is 51.2 Å². The van der Waals surface area contributed by atoms with Crippen molar-refractivity contribution in [1.29, 1.82) is 0 Å². The maximum absolute atomic E-state index is 13.7. The van der Waals surface area contributed by atoms with Crippen LogP contribution >= 0.6 is 0 Å². The number of aryl methyl sites for hydroxylation is 1. The van der Waals surface area contributed by atoms with Gasteiger partial charge in [-0.05, 0) is 31.0 Å². The lowest BCUT2D eigenvalue weighted by Crippen LogP contribution is -2.30. The van der Waals surface area contributed by atoms with Crippen molar-refractivity contribution in [2.45, 2.75) is 19.4 Å². The summed E-state index contributed by atoms with van der Waals surface area (Å²) in [7, 11) is 0. The Bertz CT molecular complexity index is 482. The van der Waals surface area contributed by atoms with E-state index in [2.05, 4.69) is 5.43 Å². The quantitative estimate of drug-likeness (QED) is 0.631. The molecular formula is C13H15FN2O. The van der Waals surface area contributed by atoms with E-state index in [0.29, 0.717) is 12.0 Å². The molecule has 1 unspecified atom stereocenters. The molecule has 0 amide bonds. The molecule has 17 heavy (non-hydrogen) atoms. The average Bonchev–Trinajstić information content (AvgIpc) is 2.82. The lowest BCUT2D eigenvalue weighted by molar-refractivity contribution is 0.505. The van der Waals surface area contributed by atoms with Crippen molar-refractivity contribution in [2.75, 3.05) is 0 Å². The minimum Gasteiger partial charge on any atom is -0.472 e. The maximum Gasteiger partial charge on any atom is 0.128 e. The van der Waals surface area contributed by atoms with Crippen LogP contribution in [0.5, 0.6) is 0 Å². The molecule has 4 heteroatoms. The van der Waals surface area contributed by atoms with Crippen LogP contribution in [0, 0.1) is 12.7 Å². The molecule has 1 atom stereocenters. The summed E-state index contributed by atoms with van der Waals surface area (Å²) in [5, 5.41) is 0. The molecule has 90 valence electrons. The van der Waals surface area contributed by atoms with Gasteiger partial charge in [0, 0.05) is 5.56 Å². The first-order valence-corrected chi connectivity index (χ1v) is 5.44. The van der Waals surface area contributed by atoms with E-state index in [9.17, 15) is 4.39 Å². The molecular weight excluding hydrogens is 219 g/mol. The lowest BCUT2D eigenvalue weighted by atomic mass is 9.99. The summed E-state index contributed by atoms with van der Waals surface area (Å²) in [4.78, 5) is 0. The van der Waals surface area contributed by atoms with E-state index in [1.165, 1.54) is 6.07 Å². The van der Waals surface area contributed by atoms with Gasteiger partial charge in [-0.1, -0.05) is 17.7 Å². The molecule has 0 spiro atoms. The first-order chi connectivity index (χ1) is 8.20. The monoisotopic (exact) mass is 234 g/mol. The molecule has 3 N–H and O–H groups in total. The number of benzene rings is 1. The van der Waals surface area contributed by atoms with Gasteiger partial charge in [0.05, 0.1) is 18.6 Å². The molecule has 0 saturated carbocycles. The van der Waals surface area contributed by atoms with E-state index in [4.69, 9.17) is 10.3 Å². The van der Waals surface area contributed by atoms with Crippen molar-refractivity contribution in [3.05, 3.63) is 59.3 Å². The van der Waals surface area contributed by atoms with E-state index >= 15 is 0 Å². The van der Waals surface area contributed by atoms with Gasteiger partial charge in [0.25, 0.3) is 0 Å². The summed E-state index contributed by atoms with van der Waals surface area (Å²) < 4.78 is 18.7. The van der Waals surface area contributed by atoms with Crippen LogP contribution in [0.1, 0.15) is 22.7 Å². The normalized spacial score (nSPS) is 12.6. The smallest absolute Gasteiger partial charge is 0.128 e. The standard InChI is InChI=1S/C13H15FN2O/c1-9-2-3-12(14)11(6-9)13(16-15)7-10-4-5-17-8-10/h2-6,8,13,16H,7,15H2,1H3. The van der Waals surface area contributed by atoms with Gasteiger partial charge in [-0.25, -0.2) is 4.39 Å². The average molecular weight is 234 g/mol. The van der Waals surface area contributed by atoms with Crippen molar-refractivity contribution in [2.24, 2.45) is 5.84 Å². The van der Waals surface area contributed by atoms with Crippen LogP contribution in [0.3, 0.4) is 0 Å². The van der Waals surface area contributed by atoms with E-state index in [0.717, 1.165) is 11.1 Å². The second kappa shape index (κ2) is 5.12. The Labute approximate surface area is 99.4 Å². The largest absolute Gasteiger partial charge is 0.472 e. The zero-order chi connectivity index (χ0) is 12.3. The molecule has 0 aliphatic heterocycles. The Morgan fingerprint density at radius 3 is 2.88 bits per heavy atom. The molecule has 0 bridgehead atoms. The molecule has 1 aromatic carbocycles. The lowest BCUT2D eigenvalue weighted by Gasteiger charge is -2.16. The van der Waals surface area contributed by atoms with Crippen LogP contribution in [0.25, 0.3) is 0 Å². The van der Waals surface area contributed by atoms with E-state index in [-0.39, 0.29) is 11.9 Å². The molecule has 0 saturated heterocycles. The number of halogens is 1. The minimum absolute atomic E-state index is 0.248. The predicted molar refractivity (Wildman–Crippen MR) is 63.6 cm³/mol. The number of rotatable bonds is 4. The third kappa shape index (κ3) is 2.72. The van der Waals surface area contributed by atoms with Gasteiger partial charge in [0.2, 0.25) is 0 Å². The van der Waals surface area contributed by atoms with Crippen molar-refractivity contribution in [3.8, 4) is 0 Å². The molecule has 0 aliphatic carbocycles. The van der Waals surface area contributed by atoms with Crippen LogP contribution in [0.15, 0.2) is 41.2 Å². The zero-order valence-corrected chi connectivity index (χ0v) is 9.61. The Balaban J connectivity index is 2.25. The highest BCUT2D eigenvalue weighted by Gasteiger charge is 2.15. The van der Waals surface area contributed by atoms with E-state index in [1.54, 1.807) is 24.7 Å². The molecule has 1 heterocycles. The second-order valence-electron chi connectivity index (χ2n) is 4.08. The summed E-state index contributed by atoms with van der Waals surface area (Å²) in [5.74, 6) is 5.24. The van der Waals surface area contributed by atoms with Crippen molar-refractivity contribution >= 4 is 0 Å². The fraction of sp³-hybridized carbons (Fsp3) is 0.231. The number of furan rings is 1. The van der Waals surface area contributed by atoms with Gasteiger partial charge in [-0.2, -0.15) is 0 Å². The highest BCUT2D eigenvalue weighted by molar-refractivity contribution is 5.28. The van der Waals surface area contributed by atoms with E-state index < -0.39 is 0 Å². The number of hydrogen-bond donors (Lipinski definition) is 2. The molecule has 3 nitrogen and oxygen atoms in total. The van der Waals surface area contributed by atoms with Crippen LogP contribution in [-0.4, -0.2) is 0 Å². The first kappa shape index (κ1) is 11.8. The zero-order valence-electron chi connectivity index (χ0n) is 9.61. The third-order valence-corrected chi connectivity index (χ3v) is 2.75. The first-order valence-electron chi connectivity index (χ1n) is 5.44.